The van der Waals surface area contributed by atoms with Crippen molar-refractivity contribution >= 4 is 23.5 Å². The fourth-order valence-electron chi connectivity index (χ4n) is 4.94. The van der Waals surface area contributed by atoms with Gasteiger partial charge in [0.25, 0.3) is 0 Å². The maximum absolute atomic E-state index is 14.3. The molecule has 0 saturated carbocycles. The number of methoxy groups -OCH3 is 1. The third-order valence-electron chi connectivity index (χ3n) is 6.97. The number of nitrogens with zero attached hydrogens (tertiary/aromatic N) is 6. The maximum Gasteiger partial charge on any atom is 0.225 e. The van der Waals surface area contributed by atoms with Crippen molar-refractivity contribution < 1.29 is 18.3 Å². The quantitative estimate of drug-likeness (QED) is 0.492. The Balaban J connectivity index is 1.16. The summed E-state index contributed by atoms with van der Waals surface area (Å²) in [4.78, 5) is 21.4. The van der Waals surface area contributed by atoms with Gasteiger partial charge in [-0.25, -0.2) is 28.7 Å². The zero-order chi connectivity index (χ0) is 25.9. The fourth-order valence-corrected chi connectivity index (χ4v) is 5.04. The van der Waals surface area contributed by atoms with Crippen molar-refractivity contribution in [1.82, 2.24) is 19.9 Å². The van der Waals surface area contributed by atoms with Crippen LogP contribution < -0.4 is 20.3 Å². The largest absolute Gasteiger partial charge is 0.490 e. The molecule has 2 saturated heterocycles. The van der Waals surface area contributed by atoms with Gasteiger partial charge in [0.15, 0.2) is 5.75 Å². The second kappa shape index (κ2) is 11.1. The van der Waals surface area contributed by atoms with Crippen molar-refractivity contribution in [1.29, 1.82) is 0 Å². The number of nitrogens with two attached hydrogens (primary N) is 1. The van der Waals surface area contributed by atoms with E-state index < -0.39 is 11.6 Å². The highest BCUT2D eigenvalue weighted by Crippen LogP contribution is 2.31. The minimum atomic E-state index is -0.487. The van der Waals surface area contributed by atoms with Crippen LogP contribution in [0.15, 0.2) is 43.0 Å². The van der Waals surface area contributed by atoms with Gasteiger partial charge in [0, 0.05) is 51.2 Å². The van der Waals surface area contributed by atoms with Gasteiger partial charge >= 0.3 is 0 Å². The molecule has 0 spiro atoms. The Bertz CT molecular complexity index is 1200. The molecule has 3 aromatic rings. The van der Waals surface area contributed by atoms with E-state index in [1.807, 2.05) is 4.90 Å². The normalized spacial score (nSPS) is 23.9. The molecule has 2 aliphatic rings. The van der Waals surface area contributed by atoms with Gasteiger partial charge in [-0.2, -0.15) is 0 Å². The number of hydrogen-bond donors (Lipinski definition) is 1. The van der Waals surface area contributed by atoms with Gasteiger partial charge in [-0.05, 0) is 30.2 Å². The number of aromatic nitrogens is 4. The second-order valence-corrected chi connectivity index (χ2v) is 9.78. The first-order chi connectivity index (χ1) is 17.9. The summed E-state index contributed by atoms with van der Waals surface area (Å²) in [6.07, 6.45) is 7.18. The zero-order valence-electron chi connectivity index (χ0n) is 20.3. The van der Waals surface area contributed by atoms with Crippen molar-refractivity contribution in [3.8, 4) is 5.75 Å². The molecule has 2 aromatic heterocycles. The smallest absolute Gasteiger partial charge is 0.225 e. The molecule has 0 aliphatic carbocycles. The Morgan fingerprint density at radius 3 is 2.43 bits per heavy atom. The average Bonchev–Trinajstić information content (AvgIpc) is 3.30. The topological polar surface area (TPSA) is 103 Å². The van der Waals surface area contributed by atoms with Crippen LogP contribution in [0, 0.1) is 17.6 Å². The summed E-state index contributed by atoms with van der Waals surface area (Å²) >= 11 is 5.90. The number of ether oxygens (including phenoxy) is 2. The summed E-state index contributed by atoms with van der Waals surface area (Å²) in [5.41, 5.74) is 6.53. The van der Waals surface area contributed by atoms with E-state index in [1.165, 1.54) is 6.07 Å². The molecular formula is C25H28ClF2N7O2. The Kier molecular flexibility index (Phi) is 7.63. The van der Waals surface area contributed by atoms with Crippen LogP contribution >= 0.6 is 11.6 Å². The SMILES string of the molecule is CO[C@@H]1CN(c2ncc(Cl)cn2)CC[C@@H]1COc1cnc(N2C[C@H](c3cc(F)ccc3F)[C@@H](N)C2)nc1. The Hall–Kier alpha value is -3.15. The van der Waals surface area contributed by atoms with Gasteiger partial charge < -0.3 is 25.0 Å². The van der Waals surface area contributed by atoms with Gasteiger partial charge in [0.05, 0.1) is 42.5 Å². The maximum atomic E-state index is 14.3. The zero-order valence-corrected chi connectivity index (χ0v) is 21.1. The van der Waals surface area contributed by atoms with E-state index in [4.69, 9.17) is 26.8 Å². The predicted molar refractivity (Wildman–Crippen MR) is 135 cm³/mol. The molecule has 12 heteroatoms. The summed E-state index contributed by atoms with van der Waals surface area (Å²) in [6, 6.07) is 3.07. The summed E-state index contributed by atoms with van der Waals surface area (Å²) in [5, 5.41) is 0.497. The summed E-state index contributed by atoms with van der Waals surface area (Å²) in [6.45, 7) is 2.70. The van der Waals surface area contributed by atoms with Crippen molar-refractivity contribution in [2.45, 2.75) is 24.5 Å². The van der Waals surface area contributed by atoms with Crippen molar-refractivity contribution in [3.05, 3.63) is 65.2 Å². The number of halogens is 3. The van der Waals surface area contributed by atoms with E-state index in [0.717, 1.165) is 25.1 Å². The average molecular weight is 532 g/mol. The first kappa shape index (κ1) is 25.5. The summed E-state index contributed by atoms with van der Waals surface area (Å²) < 4.78 is 39.7. The van der Waals surface area contributed by atoms with Crippen molar-refractivity contribution in [2.75, 3.05) is 49.7 Å². The lowest BCUT2D eigenvalue weighted by molar-refractivity contribution is 0.0215. The van der Waals surface area contributed by atoms with E-state index in [9.17, 15) is 8.78 Å². The highest BCUT2D eigenvalue weighted by Gasteiger charge is 2.35. The first-order valence-electron chi connectivity index (χ1n) is 12.1. The summed E-state index contributed by atoms with van der Waals surface area (Å²) in [7, 11) is 1.69. The molecule has 4 heterocycles. The van der Waals surface area contributed by atoms with E-state index in [2.05, 4.69) is 24.8 Å². The molecule has 1 aromatic carbocycles. The molecule has 2 aliphatic heterocycles. The third kappa shape index (κ3) is 5.73. The molecule has 196 valence electrons. The van der Waals surface area contributed by atoms with E-state index in [1.54, 1.807) is 31.9 Å². The lowest BCUT2D eigenvalue weighted by Gasteiger charge is -2.37. The molecule has 37 heavy (non-hydrogen) atoms. The Morgan fingerprint density at radius 2 is 1.70 bits per heavy atom. The van der Waals surface area contributed by atoms with Gasteiger partial charge in [0.2, 0.25) is 11.9 Å². The van der Waals surface area contributed by atoms with Crippen LogP contribution in [0.1, 0.15) is 17.9 Å². The van der Waals surface area contributed by atoms with Crippen LogP contribution in [0.25, 0.3) is 0 Å². The molecular weight excluding hydrogens is 504 g/mol. The predicted octanol–water partition coefficient (Wildman–Crippen LogP) is 3.05. The Morgan fingerprint density at radius 1 is 1.00 bits per heavy atom. The van der Waals surface area contributed by atoms with E-state index in [0.29, 0.717) is 48.9 Å². The highest BCUT2D eigenvalue weighted by atomic mass is 35.5. The molecule has 2 N–H and O–H groups in total. The van der Waals surface area contributed by atoms with Gasteiger partial charge in [-0.3, -0.25) is 0 Å². The van der Waals surface area contributed by atoms with Crippen molar-refractivity contribution in [2.24, 2.45) is 11.7 Å². The van der Waals surface area contributed by atoms with E-state index >= 15 is 0 Å². The fraction of sp³-hybridized carbons (Fsp3) is 0.440. The van der Waals surface area contributed by atoms with Crippen LogP contribution in [0.3, 0.4) is 0 Å². The molecule has 2 fully saturated rings. The third-order valence-corrected chi connectivity index (χ3v) is 7.17. The minimum Gasteiger partial charge on any atom is -0.490 e. The van der Waals surface area contributed by atoms with Crippen LogP contribution in [0.2, 0.25) is 5.02 Å². The van der Waals surface area contributed by atoms with Crippen LogP contribution in [0.5, 0.6) is 5.75 Å². The molecule has 5 rings (SSSR count). The summed E-state index contributed by atoms with van der Waals surface area (Å²) in [5.74, 6) is 0.496. The van der Waals surface area contributed by atoms with Gasteiger partial charge in [-0.1, -0.05) is 11.6 Å². The van der Waals surface area contributed by atoms with Crippen LogP contribution in [0.4, 0.5) is 20.7 Å². The number of hydrogen-bond acceptors (Lipinski definition) is 9. The van der Waals surface area contributed by atoms with Crippen LogP contribution in [-0.2, 0) is 4.74 Å². The molecule has 0 radical (unpaired) electrons. The first-order valence-corrected chi connectivity index (χ1v) is 12.4. The Labute approximate surface area is 218 Å². The monoisotopic (exact) mass is 531 g/mol. The number of rotatable bonds is 7. The molecule has 0 amide bonds. The molecule has 0 unspecified atom stereocenters. The molecule has 4 atom stereocenters. The number of benzene rings is 1. The molecule has 0 bridgehead atoms. The highest BCUT2D eigenvalue weighted by molar-refractivity contribution is 6.30. The van der Waals surface area contributed by atoms with Gasteiger partial charge in [-0.15, -0.1) is 0 Å². The van der Waals surface area contributed by atoms with Gasteiger partial charge in [0.1, 0.15) is 11.6 Å². The van der Waals surface area contributed by atoms with E-state index in [-0.39, 0.29) is 29.5 Å². The standard InChI is InChI=1S/C25H28ClF2N7O2/c1-36-23-13-34(24-30-7-16(26)8-31-24)5-4-15(23)14-37-18-9-32-25(33-10-18)35-11-20(22(29)12-35)19-6-17(27)2-3-21(19)28/h2-3,6-10,15,20,22-23H,4-5,11-14,29H2,1H3/t15-,20-,22+,23-/m1/s1. The minimum absolute atomic E-state index is 0.0561. The number of piperidine rings is 1. The molecule has 9 nitrogen and oxygen atoms in total. The lowest BCUT2D eigenvalue weighted by Crippen LogP contribution is -2.47. The lowest BCUT2D eigenvalue weighted by atomic mass is 9.94. The number of anilines is 2. The van der Waals surface area contributed by atoms with Crippen LogP contribution in [-0.4, -0.2) is 72.0 Å². The second-order valence-electron chi connectivity index (χ2n) is 9.34. The van der Waals surface area contributed by atoms with Crippen molar-refractivity contribution in [3.63, 3.8) is 0 Å².